The maximum atomic E-state index is 6.59. The summed E-state index contributed by atoms with van der Waals surface area (Å²) in [6.07, 6.45) is 0. The lowest BCUT2D eigenvalue weighted by Gasteiger charge is -2.10. The first-order chi connectivity index (χ1) is 23.8. The number of benzene rings is 7. The standard InChI is InChI=1S/C43H25N3OS/c1-3-11-26(12-4-1)27-19-21-29(22-20-27)42-44-41(28-13-5-2-6-14-28)45-43(46-42)30-23-24-31-34(25-30)40-38(33-16-8-10-18-36(33)48-40)39-37(31)32-15-7-9-17-35(32)47-39/h1-25H. The molecule has 3 heterocycles. The molecule has 0 aliphatic rings. The average Bonchev–Trinajstić information content (AvgIpc) is 3.75. The number of para-hydroxylation sites is 1. The fourth-order valence-corrected chi connectivity index (χ4v) is 8.06. The molecule has 5 heteroatoms. The van der Waals surface area contributed by atoms with E-state index in [0.29, 0.717) is 17.5 Å². The number of fused-ring (bicyclic) bond motifs is 10. The van der Waals surface area contributed by atoms with Gasteiger partial charge in [-0.2, -0.15) is 0 Å². The molecule has 10 aromatic rings. The van der Waals surface area contributed by atoms with Gasteiger partial charge in [-0.05, 0) is 34.7 Å². The van der Waals surface area contributed by atoms with E-state index in [1.807, 2.05) is 42.5 Å². The minimum atomic E-state index is 0.638. The Morgan fingerprint density at radius 1 is 0.396 bits per heavy atom. The molecule has 0 amide bonds. The van der Waals surface area contributed by atoms with Gasteiger partial charge in [0.25, 0.3) is 0 Å². The van der Waals surface area contributed by atoms with Gasteiger partial charge in [-0.3, -0.25) is 0 Å². The van der Waals surface area contributed by atoms with Crippen molar-refractivity contribution in [2.75, 3.05) is 0 Å². The van der Waals surface area contributed by atoms with E-state index in [1.165, 1.54) is 20.3 Å². The molecule has 0 fully saturated rings. The van der Waals surface area contributed by atoms with E-state index in [0.717, 1.165) is 60.4 Å². The number of rotatable bonds is 4. The lowest BCUT2D eigenvalue weighted by molar-refractivity contribution is 0.673. The Morgan fingerprint density at radius 3 is 1.69 bits per heavy atom. The molecule has 4 nitrogen and oxygen atoms in total. The van der Waals surface area contributed by atoms with Crippen LogP contribution in [0.25, 0.3) is 98.2 Å². The molecule has 48 heavy (non-hydrogen) atoms. The van der Waals surface area contributed by atoms with Crippen molar-refractivity contribution < 1.29 is 4.42 Å². The molecule has 3 aromatic heterocycles. The van der Waals surface area contributed by atoms with Gasteiger partial charge < -0.3 is 4.42 Å². The van der Waals surface area contributed by atoms with Gasteiger partial charge in [0.15, 0.2) is 17.5 Å². The summed E-state index contributed by atoms with van der Waals surface area (Å²) in [5.41, 5.74) is 6.99. The van der Waals surface area contributed by atoms with Crippen molar-refractivity contribution in [1.82, 2.24) is 15.0 Å². The molecule has 0 aliphatic carbocycles. The SMILES string of the molecule is c1ccc(-c2ccc(-c3nc(-c4ccccc4)nc(-c4ccc5c(c4)c4sc6ccccc6c4c4oc6ccccc6c54)n3)cc2)cc1. The Labute approximate surface area is 279 Å². The molecule has 0 unspecified atom stereocenters. The van der Waals surface area contributed by atoms with Crippen molar-refractivity contribution in [2.24, 2.45) is 0 Å². The van der Waals surface area contributed by atoms with E-state index in [4.69, 9.17) is 19.4 Å². The number of hydrogen-bond donors (Lipinski definition) is 0. The average molecular weight is 632 g/mol. The highest BCUT2D eigenvalue weighted by molar-refractivity contribution is 7.27. The van der Waals surface area contributed by atoms with E-state index < -0.39 is 0 Å². The van der Waals surface area contributed by atoms with Crippen LogP contribution < -0.4 is 0 Å². The maximum Gasteiger partial charge on any atom is 0.164 e. The Kier molecular flexibility index (Phi) is 6.01. The molecule has 0 saturated carbocycles. The lowest BCUT2D eigenvalue weighted by atomic mass is 9.98. The number of hydrogen-bond acceptors (Lipinski definition) is 5. The van der Waals surface area contributed by atoms with Crippen LogP contribution in [-0.2, 0) is 0 Å². The fourth-order valence-electron chi connectivity index (χ4n) is 6.83. The van der Waals surface area contributed by atoms with Gasteiger partial charge in [0, 0.05) is 53.0 Å². The number of nitrogens with zero attached hydrogens (tertiary/aromatic N) is 3. The quantitative estimate of drug-likeness (QED) is 0.194. The first-order valence-electron chi connectivity index (χ1n) is 15.9. The van der Waals surface area contributed by atoms with Crippen LogP contribution in [0.5, 0.6) is 0 Å². The van der Waals surface area contributed by atoms with Gasteiger partial charge in [-0.25, -0.2) is 15.0 Å². The Hall–Kier alpha value is -6.17. The Morgan fingerprint density at radius 2 is 0.938 bits per heavy atom. The first kappa shape index (κ1) is 27.0. The van der Waals surface area contributed by atoms with Crippen LogP contribution in [0.2, 0.25) is 0 Å². The van der Waals surface area contributed by atoms with Crippen LogP contribution in [0.15, 0.2) is 156 Å². The zero-order chi connectivity index (χ0) is 31.6. The smallest absolute Gasteiger partial charge is 0.164 e. The van der Waals surface area contributed by atoms with Crippen molar-refractivity contribution in [1.29, 1.82) is 0 Å². The van der Waals surface area contributed by atoms with E-state index in [2.05, 4.69) is 109 Å². The summed E-state index contributed by atoms with van der Waals surface area (Å²) < 4.78 is 9.03. The predicted molar refractivity (Wildman–Crippen MR) is 199 cm³/mol. The maximum absolute atomic E-state index is 6.59. The summed E-state index contributed by atoms with van der Waals surface area (Å²) in [4.78, 5) is 15.1. The lowest BCUT2D eigenvalue weighted by Crippen LogP contribution is -2.00. The van der Waals surface area contributed by atoms with Gasteiger partial charge >= 0.3 is 0 Å². The molecular formula is C43H25N3OS. The van der Waals surface area contributed by atoms with Gasteiger partial charge in [0.2, 0.25) is 0 Å². The monoisotopic (exact) mass is 631 g/mol. The largest absolute Gasteiger partial charge is 0.455 e. The summed E-state index contributed by atoms with van der Waals surface area (Å²) in [5.74, 6) is 1.92. The summed E-state index contributed by atoms with van der Waals surface area (Å²) in [6.45, 7) is 0. The van der Waals surface area contributed by atoms with Crippen molar-refractivity contribution in [3.63, 3.8) is 0 Å². The van der Waals surface area contributed by atoms with E-state index in [-0.39, 0.29) is 0 Å². The van der Waals surface area contributed by atoms with E-state index >= 15 is 0 Å². The molecule has 0 bridgehead atoms. The first-order valence-corrected chi connectivity index (χ1v) is 16.8. The third kappa shape index (κ3) is 4.25. The van der Waals surface area contributed by atoms with Gasteiger partial charge in [-0.15, -0.1) is 11.3 Å². The van der Waals surface area contributed by atoms with E-state index in [1.54, 1.807) is 11.3 Å². The zero-order valence-corrected chi connectivity index (χ0v) is 26.4. The molecule has 7 aromatic carbocycles. The van der Waals surface area contributed by atoms with Gasteiger partial charge in [-0.1, -0.05) is 133 Å². The summed E-state index contributed by atoms with van der Waals surface area (Å²) in [7, 11) is 0. The molecule has 0 atom stereocenters. The highest BCUT2D eigenvalue weighted by Crippen LogP contribution is 2.47. The molecule has 10 rings (SSSR count). The van der Waals surface area contributed by atoms with Crippen LogP contribution in [0.3, 0.4) is 0 Å². The summed E-state index contributed by atoms with van der Waals surface area (Å²) >= 11 is 1.81. The summed E-state index contributed by atoms with van der Waals surface area (Å²) in [6, 6.07) is 52.5. The van der Waals surface area contributed by atoms with Crippen LogP contribution in [0.1, 0.15) is 0 Å². The second kappa shape index (κ2) is 10.7. The number of aromatic nitrogens is 3. The van der Waals surface area contributed by atoms with Crippen molar-refractivity contribution >= 4 is 64.2 Å². The number of furan rings is 1. The molecule has 0 N–H and O–H groups in total. The van der Waals surface area contributed by atoms with Crippen LogP contribution in [-0.4, -0.2) is 15.0 Å². The molecule has 0 aliphatic heterocycles. The second-order valence-electron chi connectivity index (χ2n) is 12.0. The highest BCUT2D eigenvalue weighted by Gasteiger charge is 2.21. The van der Waals surface area contributed by atoms with Crippen molar-refractivity contribution in [3.05, 3.63) is 152 Å². The fraction of sp³-hybridized carbons (Fsp3) is 0. The van der Waals surface area contributed by atoms with Crippen LogP contribution in [0.4, 0.5) is 0 Å². The third-order valence-corrected chi connectivity index (χ3v) is 10.3. The normalized spacial score (nSPS) is 11.8. The van der Waals surface area contributed by atoms with Crippen molar-refractivity contribution in [3.8, 4) is 45.3 Å². The zero-order valence-electron chi connectivity index (χ0n) is 25.6. The molecule has 224 valence electrons. The predicted octanol–water partition coefficient (Wildman–Crippen LogP) is 12.0. The number of thiophene rings is 1. The van der Waals surface area contributed by atoms with E-state index in [9.17, 15) is 0 Å². The third-order valence-electron chi connectivity index (χ3n) is 9.13. The molecule has 0 spiro atoms. The van der Waals surface area contributed by atoms with Crippen molar-refractivity contribution in [2.45, 2.75) is 0 Å². The summed E-state index contributed by atoms with van der Waals surface area (Å²) in [5, 5.41) is 6.95. The highest BCUT2D eigenvalue weighted by atomic mass is 32.1. The topological polar surface area (TPSA) is 51.8 Å². The van der Waals surface area contributed by atoms with Gasteiger partial charge in [0.1, 0.15) is 11.2 Å². The molecule has 0 radical (unpaired) electrons. The minimum Gasteiger partial charge on any atom is -0.455 e. The second-order valence-corrected chi connectivity index (χ2v) is 13.0. The Bertz CT molecular complexity index is 2820. The Balaban J connectivity index is 1.21. The van der Waals surface area contributed by atoms with Crippen LogP contribution >= 0.6 is 11.3 Å². The minimum absolute atomic E-state index is 0.638. The van der Waals surface area contributed by atoms with Crippen LogP contribution in [0, 0.1) is 0 Å². The molecular weight excluding hydrogens is 607 g/mol. The van der Waals surface area contributed by atoms with Gasteiger partial charge in [0.05, 0.1) is 0 Å². The molecule has 0 saturated heterocycles.